The minimum atomic E-state index is -4.19. The summed E-state index contributed by atoms with van der Waals surface area (Å²) in [5, 5.41) is 13.8. The third-order valence-electron chi connectivity index (χ3n) is 12.1. The number of nitrogens with one attached hydrogen (secondary N) is 3. The van der Waals surface area contributed by atoms with Crippen molar-refractivity contribution >= 4 is 138 Å². The minimum Gasteiger partial charge on any atom is -0.480 e. The van der Waals surface area contributed by atoms with Crippen LogP contribution in [-0.2, 0) is 54.1 Å². The first-order valence-corrected chi connectivity index (χ1v) is 30.8. The number of benzene rings is 6. The molecular weight excluding hydrogens is 1210 g/mol. The number of aliphatic carboxylic acids is 1. The molecule has 0 unspecified atom stereocenters. The summed E-state index contributed by atoms with van der Waals surface area (Å²) in [6, 6.07) is 39.5. The van der Waals surface area contributed by atoms with E-state index in [0.717, 1.165) is 11.1 Å². The van der Waals surface area contributed by atoms with Crippen LogP contribution in [0.25, 0.3) is 32.3 Å². The Morgan fingerprint density at radius 3 is 1.16 bits per heavy atom. The second kappa shape index (κ2) is 27.7. The van der Waals surface area contributed by atoms with Crippen LogP contribution < -0.4 is 37.1 Å². The highest BCUT2D eigenvalue weighted by atomic mass is 35.5. The van der Waals surface area contributed by atoms with Crippen LogP contribution in [0.3, 0.4) is 0 Å². The molecule has 6 aromatic carbocycles. The molecule has 0 aliphatic carbocycles. The normalized spacial score (nSPS) is 12.7. The van der Waals surface area contributed by atoms with Gasteiger partial charge in [-0.25, -0.2) is 49.6 Å². The van der Waals surface area contributed by atoms with Gasteiger partial charge in [0, 0.05) is 63.0 Å². The Morgan fingerprint density at radius 1 is 0.470 bits per heavy atom. The number of hydrogen-bond acceptors (Lipinski definition) is 12. The third-order valence-corrected chi connectivity index (χ3v) is 18.0. The average molecular weight is 1260 g/mol. The number of carboxylic acid groups (broad SMARTS) is 1. The molecule has 0 bridgehead atoms. The monoisotopic (exact) mass is 1260 g/mol. The number of carboxylic acids is 1. The summed E-state index contributed by atoms with van der Waals surface area (Å²) >= 11 is 24.5. The molecule has 0 radical (unpaired) electrons. The van der Waals surface area contributed by atoms with Crippen molar-refractivity contribution in [2.24, 2.45) is 32.9 Å². The van der Waals surface area contributed by atoms with Crippen LogP contribution in [0, 0.1) is 0 Å². The molecule has 9 aromatic rings. The molecule has 0 aliphatic rings. The zero-order chi connectivity index (χ0) is 60.2. The summed E-state index contributed by atoms with van der Waals surface area (Å²) in [6.45, 7) is 3.64. The lowest BCUT2D eigenvalue weighted by atomic mass is 10.1. The number of fused-ring (bicyclic) bond motifs is 3. The van der Waals surface area contributed by atoms with Gasteiger partial charge in [-0.2, -0.15) is 14.7 Å². The Kier molecular flexibility index (Phi) is 21.0. The number of pyridine rings is 3. The predicted octanol–water partition coefficient (Wildman–Crippen LogP) is 8.92. The van der Waals surface area contributed by atoms with Gasteiger partial charge < -0.3 is 28.0 Å². The second-order valence-corrected chi connectivity index (χ2v) is 25.3. The van der Waals surface area contributed by atoms with Crippen LogP contribution in [0.1, 0.15) is 30.5 Å². The van der Waals surface area contributed by atoms with Gasteiger partial charge in [0.15, 0.2) is 23.6 Å². The summed E-state index contributed by atoms with van der Waals surface area (Å²) in [5.74, 6) is -1.45. The van der Waals surface area contributed by atoms with Crippen molar-refractivity contribution in [2.45, 2.75) is 65.9 Å². The summed E-state index contributed by atoms with van der Waals surface area (Å²) in [4.78, 5) is 31.6. The highest BCUT2D eigenvalue weighted by Gasteiger charge is 2.27. The number of sulfonamides is 3. The Labute approximate surface area is 499 Å². The van der Waals surface area contributed by atoms with E-state index in [4.69, 9.17) is 69.3 Å². The van der Waals surface area contributed by atoms with Gasteiger partial charge in [0.2, 0.25) is 30.1 Å². The number of halogens is 4. The molecule has 0 aliphatic heterocycles. The van der Waals surface area contributed by atoms with Crippen molar-refractivity contribution in [3.63, 3.8) is 0 Å². The first-order valence-electron chi connectivity index (χ1n) is 24.8. The molecule has 0 spiro atoms. The standard InChI is InChI=1S/C19H18ClN5O4S.C19H20ClN5O2S.C18H16Cl2N2O2S/c20-15-10-23-17(24-19(21)22)14-9-12(6-7-13(14)15)30(28,29)25-16(18(26)27)8-11-4-2-1-3-5-11;1-12(9-13-5-3-2-4-6-13)25-28(26,27)14-7-8-15-16(10-14)18(24-19(21)22)23-11-17(15)20;1-12(9-13-5-3-2-4-6-13)22-25(23,24)14-7-8-15-16(10-14)18(20)21-11-17(15)19/h1-7,9-10,16,25H,8H2,(H,26,27)(H4,21,22,23,24);2-8,10-12,25H,9H2,1H3,(H4,21,22,23,24);2-8,10-12,22H,9H2,1H3/t16-;2*12-/m011/s1. The van der Waals surface area contributed by atoms with Gasteiger partial charge in [-0.3, -0.25) is 4.79 Å². The molecule has 83 heavy (non-hydrogen) atoms. The SMILES string of the molecule is C[C@H](Cc1ccccc1)NS(=O)(=O)c1ccc2c(Cl)cnc(Cl)c2c1.C[C@H](Cc1ccccc1)NS(=O)(=O)c1ccc2c(Cl)cnc(N=C(N)N)c2c1.NC(N)=Nc1ncc(Cl)c2ccc(S(=O)(=O)N[C@@H](Cc3ccccc3)C(=O)O)cc12. The number of guanidine groups is 2. The molecule has 0 saturated carbocycles. The molecule has 3 atom stereocenters. The maximum absolute atomic E-state index is 12.9. The fourth-order valence-electron chi connectivity index (χ4n) is 8.39. The number of rotatable bonds is 18. The van der Waals surface area contributed by atoms with Crippen molar-refractivity contribution in [1.82, 2.24) is 29.1 Å². The molecule has 12 N–H and O–H groups in total. The topological polar surface area (TPSA) is 343 Å². The largest absolute Gasteiger partial charge is 0.480 e. The van der Waals surface area contributed by atoms with Crippen LogP contribution in [0.2, 0.25) is 20.2 Å². The molecule has 9 rings (SSSR count). The van der Waals surface area contributed by atoms with Gasteiger partial charge >= 0.3 is 5.97 Å². The Bertz CT molecular complexity index is 4230. The molecule has 20 nitrogen and oxygen atoms in total. The number of aromatic nitrogens is 3. The number of nitrogens with two attached hydrogens (primary N) is 4. The molecule has 0 saturated heterocycles. The highest BCUT2D eigenvalue weighted by Crippen LogP contribution is 2.34. The van der Waals surface area contributed by atoms with Crippen LogP contribution in [0.15, 0.2) is 189 Å². The zero-order valence-corrected chi connectivity index (χ0v) is 49.5. The molecule has 432 valence electrons. The van der Waals surface area contributed by atoms with Crippen LogP contribution in [-0.4, -0.2) is 81.3 Å². The van der Waals surface area contributed by atoms with Crippen molar-refractivity contribution in [3.8, 4) is 0 Å². The molecule has 27 heteroatoms. The Balaban J connectivity index is 0.000000180. The van der Waals surface area contributed by atoms with Crippen molar-refractivity contribution in [1.29, 1.82) is 0 Å². The highest BCUT2D eigenvalue weighted by molar-refractivity contribution is 7.90. The molecule has 3 heterocycles. The number of aliphatic imine (C=N–C) groups is 2. The number of carbonyl (C=O) groups is 1. The van der Waals surface area contributed by atoms with E-state index in [1.807, 2.05) is 74.5 Å². The lowest BCUT2D eigenvalue weighted by molar-refractivity contribution is -0.138. The van der Waals surface area contributed by atoms with E-state index in [9.17, 15) is 35.2 Å². The van der Waals surface area contributed by atoms with Crippen LogP contribution in [0.4, 0.5) is 11.6 Å². The summed E-state index contributed by atoms with van der Waals surface area (Å²) in [7, 11) is -11.6. The fraction of sp³-hybridized carbons (Fsp3) is 0.143. The minimum absolute atomic E-state index is 0.0182. The van der Waals surface area contributed by atoms with Gasteiger partial charge in [0.1, 0.15) is 11.2 Å². The van der Waals surface area contributed by atoms with Gasteiger partial charge in [-0.15, -0.1) is 0 Å². The van der Waals surface area contributed by atoms with Crippen molar-refractivity contribution in [3.05, 3.63) is 201 Å². The first-order chi connectivity index (χ1) is 39.3. The van der Waals surface area contributed by atoms with E-state index in [2.05, 4.69) is 39.1 Å². The van der Waals surface area contributed by atoms with E-state index in [-0.39, 0.29) is 66.9 Å². The Morgan fingerprint density at radius 2 is 0.795 bits per heavy atom. The third kappa shape index (κ3) is 17.0. The van der Waals surface area contributed by atoms with Gasteiger partial charge in [-0.05, 0) is 86.2 Å². The van der Waals surface area contributed by atoms with Crippen molar-refractivity contribution in [2.75, 3.05) is 0 Å². The summed E-state index contributed by atoms with van der Waals surface area (Å²) in [6.07, 6.45) is 5.36. The predicted molar refractivity (Wildman–Crippen MR) is 328 cm³/mol. The lowest BCUT2D eigenvalue weighted by Crippen LogP contribution is -2.42. The number of hydrogen-bond donors (Lipinski definition) is 8. The lowest BCUT2D eigenvalue weighted by Gasteiger charge is -2.15. The maximum Gasteiger partial charge on any atom is 0.322 e. The molecule has 0 amide bonds. The quantitative estimate of drug-likeness (QED) is 0.0226. The first kappa shape index (κ1) is 63.0. The zero-order valence-electron chi connectivity index (χ0n) is 44.0. The maximum atomic E-state index is 12.9. The smallest absolute Gasteiger partial charge is 0.322 e. The molecule has 3 aromatic heterocycles. The average Bonchev–Trinajstić information content (AvgIpc) is 3.08. The summed E-state index contributed by atoms with van der Waals surface area (Å²) in [5.41, 5.74) is 24.5. The van der Waals surface area contributed by atoms with E-state index >= 15 is 0 Å². The Hall–Kier alpha value is -7.55. The van der Waals surface area contributed by atoms with Crippen LogP contribution >= 0.6 is 46.4 Å². The van der Waals surface area contributed by atoms with E-state index < -0.39 is 42.1 Å². The number of nitrogens with zero attached hydrogens (tertiary/aromatic N) is 5. The molecule has 0 fully saturated rings. The fourth-order valence-corrected chi connectivity index (χ4v) is 13.0. The van der Waals surface area contributed by atoms with Crippen LogP contribution in [0.5, 0.6) is 0 Å². The second-order valence-electron chi connectivity index (χ2n) is 18.6. The summed E-state index contributed by atoms with van der Waals surface area (Å²) < 4.78 is 84.4. The van der Waals surface area contributed by atoms with Gasteiger partial charge in [-0.1, -0.05) is 156 Å². The van der Waals surface area contributed by atoms with Gasteiger partial charge in [0.05, 0.1) is 29.8 Å². The van der Waals surface area contributed by atoms with E-state index in [0.29, 0.717) is 60.8 Å². The molecular formula is C56H54Cl4N12O8S3. The van der Waals surface area contributed by atoms with Crippen molar-refractivity contribution < 1.29 is 35.2 Å². The van der Waals surface area contributed by atoms with E-state index in [1.54, 1.807) is 42.5 Å². The van der Waals surface area contributed by atoms with E-state index in [1.165, 1.54) is 61.1 Å². The van der Waals surface area contributed by atoms with Gasteiger partial charge in [0.25, 0.3) is 0 Å².